The molecule has 2 saturated heterocycles. The molecular weight excluding hydrogens is 322 g/mol. The van der Waals surface area contributed by atoms with Crippen molar-refractivity contribution in [3.8, 4) is 5.75 Å². The number of para-hydroxylation sites is 1. The van der Waals surface area contributed by atoms with Gasteiger partial charge in [-0.2, -0.15) is 0 Å². The van der Waals surface area contributed by atoms with Gasteiger partial charge in [0.2, 0.25) is 0 Å². The first-order valence-electron chi connectivity index (χ1n) is 8.73. The van der Waals surface area contributed by atoms with Crippen molar-refractivity contribution in [2.75, 3.05) is 39.8 Å². The van der Waals surface area contributed by atoms with Crippen LogP contribution in [0.25, 0.3) is 0 Å². The summed E-state index contributed by atoms with van der Waals surface area (Å²) in [5.41, 5.74) is -0.433. The molecule has 1 aromatic carbocycles. The molecule has 25 heavy (non-hydrogen) atoms. The molecule has 1 N–H and O–H groups in total. The minimum atomic E-state index is -0.433. The number of nitrogens with one attached hydrogen (secondary N) is 1. The number of likely N-dealkylation sites (tertiary alicyclic amines) is 1. The van der Waals surface area contributed by atoms with Gasteiger partial charge in [-0.3, -0.25) is 0 Å². The van der Waals surface area contributed by atoms with Gasteiger partial charge in [-0.25, -0.2) is 9.59 Å². The molecular formula is C18H25N3O4. The summed E-state index contributed by atoms with van der Waals surface area (Å²) in [6.07, 6.45) is 2.03. The summed E-state index contributed by atoms with van der Waals surface area (Å²) in [5, 5.41) is 2.89. The van der Waals surface area contributed by atoms with E-state index < -0.39 is 5.60 Å². The van der Waals surface area contributed by atoms with Crippen molar-refractivity contribution in [3.05, 3.63) is 30.3 Å². The summed E-state index contributed by atoms with van der Waals surface area (Å²) >= 11 is 0. The molecule has 7 nitrogen and oxygen atoms in total. The van der Waals surface area contributed by atoms with Gasteiger partial charge in [-0.05, 0) is 25.0 Å². The molecule has 2 aliphatic rings. The Labute approximate surface area is 147 Å². The Bertz CT molecular complexity index is 610. The van der Waals surface area contributed by atoms with E-state index in [1.807, 2.05) is 30.3 Å². The Kier molecular flexibility index (Phi) is 5.31. The van der Waals surface area contributed by atoms with E-state index in [1.54, 1.807) is 16.8 Å². The van der Waals surface area contributed by atoms with E-state index in [-0.39, 0.29) is 12.1 Å². The van der Waals surface area contributed by atoms with Crippen LogP contribution in [0.2, 0.25) is 0 Å². The molecule has 0 aliphatic carbocycles. The summed E-state index contributed by atoms with van der Waals surface area (Å²) in [6.45, 7) is 2.75. The fraction of sp³-hybridized carbons (Fsp3) is 0.556. The van der Waals surface area contributed by atoms with E-state index >= 15 is 0 Å². The van der Waals surface area contributed by atoms with Crippen molar-refractivity contribution in [1.29, 1.82) is 0 Å². The molecule has 1 aromatic rings. The van der Waals surface area contributed by atoms with Crippen molar-refractivity contribution in [2.45, 2.75) is 24.9 Å². The molecule has 3 amide bonds. The highest BCUT2D eigenvalue weighted by molar-refractivity contribution is 5.74. The number of likely N-dealkylation sites (N-methyl/N-ethyl adjacent to an activating group) is 1. The van der Waals surface area contributed by atoms with E-state index in [9.17, 15) is 9.59 Å². The molecule has 3 rings (SSSR count). The first-order chi connectivity index (χ1) is 12.1. The summed E-state index contributed by atoms with van der Waals surface area (Å²) in [5.74, 6) is 0.792. The Morgan fingerprint density at radius 2 is 2.08 bits per heavy atom. The maximum atomic E-state index is 12.3. The van der Waals surface area contributed by atoms with E-state index in [4.69, 9.17) is 9.47 Å². The lowest BCUT2D eigenvalue weighted by atomic mass is 9.95. The van der Waals surface area contributed by atoms with Crippen molar-refractivity contribution in [1.82, 2.24) is 15.1 Å². The maximum absolute atomic E-state index is 12.3. The largest absolute Gasteiger partial charge is 0.492 e. The molecule has 1 spiro atoms. The molecule has 0 saturated carbocycles. The summed E-state index contributed by atoms with van der Waals surface area (Å²) in [4.78, 5) is 27.4. The number of hydrogen-bond donors (Lipinski definition) is 1. The number of ether oxygens (including phenoxy) is 2. The van der Waals surface area contributed by atoms with Crippen molar-refractivity contribution < 1.29 is 19.1 Å². The molecule has 0 bridgehead atoms. The quantitative estimate of drug-likeness (QED) is 0.847. The van der Waals surface area contributed by atoms with Crippen LogP contribution >= 0.6 is 0 Å². The second kappa shape index (κ2) is 7.63. The number of carbonyl (C=O) groups excluding carboxylic acids is 2. The van der Waals surface area contributed by atoms with E-state index in [0.29, 0.717) is 39.2 Å². The number of rotatable bonds is 4. The molecule has 2 heterocycles. The zero-order chi connectivity index (χ0) is 17.7. The second-order valence-corrected chi connectivity index (χ2v) is 6.64. The number of carbonyl (C=O) groups is 2. The third kappa shape index (κ3) is 4.35. The normalized spacial score (nSPS) is 23.3. The molecule has 0 unspecified atom stereocenters. The summed E-state index contributed by atoms with van der Waals surface area (Å²) in [7, 11) is 1.75. The first kappa shape index (κ1) is 17.4. The van der Waals surface area contributed by atoms with Crippen LogP contribution < -0.4 is 10.1 Å². The third-order valence-electron chi connectivity index (χ3n) is 4.72. The Hall–Kier alpha value is -2.44. The molecule has 0 radical (unpaired) electrons. The maximum Gasteiger partial charge on any atom is 0.410 e. The van der Waals surface area contributed by atoms with Crippen LogP contribution in [0.3, 0.4) is 0 Å². The highest BCUT2D eigenvalue weighted by atomic mass is 16.6. The van der Waals surface area contributed by atoms with Gasteiger partial charge in [0.15, 0.2) is 0 Å². The lowest BCUT2D eigenvalue weighted by Crippen LogP contribution is -2.43. The number of urea groups is 1. The van der Waals surface area contributed by atoms with Gasteiger partial charge >= 0.3 is 12.1 Å². The average Bonchev–Trinajstić information content (AvgIpc) is 2.77. The zero-order valence-electron chi connectivity index (χ0n) is 14.6. The molecule has 1 atom stereocenters. The monoisotopic (exact) mass is 347 g/mol. The predicted molar refractivity (Wildman–Crippen MR) is 92.6 cm³/mol. The van der Waals surface area contributed by atoms with Crippen LogP contribution in [-0.4, -0.2) is 67.4 Å². The van der Waals surface area contributed by atoms with E-state index in [1.165, 1.54) is 0 Å². The third-order valence-corrected chi connectivity index (χ3v) is 4.72. The fourth-order valence-electron chi connectivity index (χ4n) is 3.38. The lowest BCUT2D eigenvalue weighted by Gasteiger charge is -2.25. The van der Waals surface area contributed by atoms with Crippen molar-refractivity contribution in [2.24, 2.45) is 0 Å². The van der Waals surface area contributed by atoms with Crippen LogP contribution in [0.1, 0.15) is 19.3 Å². The van der Waals surface area contributed by atoms with Gasteiger partial charge in [-0.15, -0.1) is 0 Å². The molecule has 2 fully saturated rings. The smallest absolute Gasteiger partial charge is 0.410 e. The molecule has 0 aromatic heterocycles. The number of benzene rings is 1. The van der Waals surface area contributed by atoms with Gasteiger partial charge in [0.05, 0.1) is 13.1 Å². The van der Waals surface area contributed by atoms with Gasteiger partial charge in [0.1, 0.15) is 18.0 Å². The number of hydrogen-bond acceptors (Lipinski definition) is 4. The minimum Gasteiger partial charge on any atom is -0.492 e. The number of nitrogens with zero attached hydrogens (tertiary/aromatic N) is 2. The minimum absolute atomic E-state index is 0.0913. The topological polar surface area (TPSA) is 71.1 Å². The Morgan fingerprint density at radius 3 is 2.80 bits per heavy atom. The van der Waals surface area contributed by atoms with Gasteiger partial charge in [0, 0.05) is 26.6 Å². The lowest BCUT2D eigenvalue weighted by molar-refractivity contribution is 0.0453. The van der Waals surface area contributed by atoms with Crippen LogP contribution in [-0.2, 0) is 4.74 Å². The van der Waals surface area contributed by atoms with Gasteiger partial charge < -0.3 is 24.6 Å². The number of amides is 3. The van der Waals surface area contributed by atoms with Gasteiger partial charge in [-0.1, -0.05) is 18.2 Å². The van der Waals surface area contributed by atoms with Crippen LogP contribution in [0.5, 0.6) is 5.75 Å². The summed E-state index contributed by atoms with van der Waals surface area (Å²) < 4.78 is 11.1. The highest BCUT2D eigenvalue weighted by Gasteiger charge is 2.44. The predicted octanol–water partition coefficient (Wildman–Crippen LogP) is 2.08. The zero-order valence-corrected chi connectivity index (χ0v) is 14.6. The van der Waals surface area contributed by atoms with Crippen LogP contribution in [0.4, 0.5) is 9.59 Å². The Balaban J connectivity index is 1.41. The second-order valence-electron chi connectivity index (χ2n) is 6.64. The average molecular weight is 347 g/mol. The highest BCUT2D eigenvalue weighted by Crippen LogP contribution is 2.32. The van der Waals surface area contributed by atoms with E-state index in [2.05, 4.69) is 5.32 Å². The van der Waals surface area contributed by atoms with Crippen molar-refractivity contribution in [3.63, 3.8) is 0 Å². The summed E-state index contributed by atoms with van der Waals surface area (Å²) in [6, 6.07) is 9.43. The Morgan fingerprint density at radius 1 is 1.28 bits per heavy atom. The standard InChI is InChI=1S/C18H25N3O4/c1-20-14-18(25-17(20)23)8-5-11-21(12-9-18)16(22)19-10-13-24-15-6-3-2-4-7-15/h2-4,6-7H,5,8-14H2,1H3,(H,19,22)/t18-/m1/s1. The van der Waals surface area contributed by atoms with Gasteiger partial charge in [0.25, 0.3) is 0 Å². The first-order valence-corrected chi connectivity index (χ1v) is 8.73. The van der Waals surface area contributed by atoms with Crippen LogP contribution in [0, 0.1) is 0 Å². The molecule has 2 aliphatic heterocycles. The molecule has 136 valence electrons. The van der Waals surface area contributed by atoms with Crippen LogP contribution in [0.15, 0.2) is 30.3 Å². The fourth-order valence-corrected chi connectivity index (χ4v) is 3.38. The van der Waals surface area contributed by atoms with E-state index in [0.717, 1.165) is 18.6 Å². The molecule has 7 heteroatoms. The SMILES string of the molecule is CN1C[C@]2(CCCN(C(=O)NCCOc3ccccc3)CC2)OC1=O. The van der Waals surface area contributed by atoms with Crippen molar-refractivity contribution >= 4 is 12.1 Å².